The van der Waals surface area contributed by atoms with E-state index in [1.807, 2.05) is 6.07 Å². The molecule has 0 amide bonds. The fourth-order valence-corrected chi connectivity index (χ4v) is 3.04. The third-order valence-corrected chi connectivity index (χ3v) is 4.09. The van der Waals surface area contributed by atoms with Gasteiger partial charge in [0.15, 0.2) is 0 Å². The number of nitrogens with zero attached hydrogens (tertiary/aromatic N) is 1. The molecule has 0 unspecified atom stereocenters. The number of para-hydroxylation sites is 1. The van der Waals surface area contributed by atoms with Crippen LogP contribution in [-0.2, 0) is 0 Å². The lowest BCUT2D eigenvalue weighted by atomic mass is 10.1. The summed E-state index contributed by atoms with van der Waals surface area (Å²) in [5.74, 6) is 0.869. The van der Waals surface area contributed by atoms with Gasteiger partial charge in [0.25, 0.3) is 0 Å². The van der Waals surface area contributed by atoms with Gasteiger partial charge in [-0.25, -0.2) is 0 Å². The summed E-state index contributed by atoms with van der Waals surface area (Å²) in [5, 5.41) is 0. The number of rotatable bonds is 1. The minimum Gasteiger partial charge on any atom is -0.447 e. The monoisotopic (exact) mass is 287 g/mol. The summed E-state index contributed by atoms with van der Waals surface area (Å²) in [6.07, 6.45) is 6.01. The van der Waals surface area contributed by atoms with E-state index in [0.29, 0.717) is 0 Å². The topological polar surface area (TPSA) is 16.4 Å². The third-order valence-electron chi connectivity index (χ3n) is 4.09. The zero-order valence-corrected chi connectivity index (χ0v) is 12.7. The molecule has 1 aromatic heterocycles. The number of furan rings is 1. The Bertz CT molecular complexity index is 873. The second-order valence-corrected chi connectivity index (χ2v) is 5.70. The van der Waals surface area contributed by atoms with Crippen molar-refractivity contribution in [3.63, 3.8) is 0 Å². The average Bonchev–Trinajstić information content (AvgIpc) is 2.91. The summed E-state index contributed by atoms with van der Waals surface area (Å²) in [7, 11) is 0. The molecule has 1 aliphatic rings. The van der Waals surface area contributed by atoms with Crippen molar-refractivity contribution < 1.29 is 4.42 Å². The maximum absolute atomic E-state index is 5.82. The van der Waals surface area contributed by atoms with Crippen molar-refractivity contribution >= 4 is 29.4 Å². The number of anilines is 3. The summed E-state index contributed by atoms with van der Waals surface area (Å²) in [6, 6.07) is 16.9. The molecule has 0 spiro atoms. The van der Waals surface area contributed by atoms with Crippen molar-refractivity contribution in [1.82, 2.24) is 0 Å². The molecule has 4 rings (SSSR count). The number of fused-ring (bicyclic) bond motifs is 2. The van der Waals surface area contributed by atoms with E-state index in [9.17, 15) is 0 Å². The van der Waals surface area contributed by atoms with Crippen molar-refractivity contribution in [2.75, 3.05) is 4.90 Å². The molecule has 0 aliphatic carbocycles. The highest BCUT2D eigenvalue weighted by molar-refractivity contribution is 5.91. The standard InChI is InChI=1S/C20H17NO/c1-14-7-10-18(15(2)13-14)21-19-6-4-3-5-16(19)8-9-17-11-12-22-20(17)21/h3-13H,1-2H3. The molecule has 108 valence electrons. The van der Waals surface area contributed by atoms with Gasteiger partial charge in [-0.3, -0.25) is 4.90 Å². The Kier molecular flexibility index (Phi) is 2.90. The largest absolute Gasteiger partial charge is 0.447 e. The van der Waals surface area contributed by atoms with Crippen LogP contribution in [0.15, 0.2) is 59.2 Å². The van der Waals surface area contributed by atoms with Crippen LogP contribution in [0, 0.1) is 13.8 Å². The molecule has 2 heteroatoms. The molecule has 2 nitrogen and oxygen atoms in total. The highest BCUT2D eigenvalue weighted by Gasteiger charge is 2.23. The Morgan fingerprint density at radius 2 is 1.64 bits per heavy atom. The molecule has 0 N–H and O–H groups in total. The zero-order chi connectivity index (χ0) is 15.1. The first kappa shape index (κ1) is 13.0. The van der Waals surface area contributed by atoms with Crippen LogP contribution in [0.2, 0.25) is 0 Å². The van der Waals surface area contributed by atoms with Crippen molar-refractivity contribution in [3.05, 3.63) is 77.0 Å². The fraction of sp³-hybridized carbons (Fsp3) is 0.100. The lowest BCUT2D eigenvalue weighted by Gasteiger charge is -2.25. The highest BCUT2D eigenvalue weighted by atomic mass is 16.3. The van der Waals surface area contributed by atoms with E-state index in [-0.39, 0.29) is 0 Å². The van der Waals surface area contributed by atoms with Gasteiger partial charge in [-0.15, -0.1) is 0 Å². The number of benzene rings is 2. The normalized spacial score (nSPS) is 12.7. The summed E-state index contributed by atoms with van der Waals surface area (Å²) >= 11 is 0. The second-order valence-electron chi connectivity index (χ2n) is 5.70. The Balaban J connectivity index is 2.01. The lowest BCUT2D eigenvalue weighted by molar-refractivity contribution is 0.573. The molecule has 0 atom stereocenters. The molecule has 2 heterocycles. The van der Waals surface area contributed by atoms with Gasteiger partial charge < -0.3 is 4.42 Å². The Morgan fingerprint density at radius 1 is 0.818 bits per heavy atom. The first-order valence-corrected chi connectivity index (χ1v) is 7.46. The molecular weight excluding hydrogens is 270 g/mol. The minimum atomic E-state index is 0.869. The van der Waals surface area contributed by atoms with Gasteiger partial charge >= 0.3 is 0 Å². The SMILES string of the molecule is Cc1ccc(N2c3ccccc3C=Cc3ccoc32)c(C)c1. The summed E-state index contributed by atoms with van der Waals surface area (Å²) in [4.78, 5) is 2.21. The smallest absolute Gasteiger partial charge is 0.211 e. The van der Waals surface area contributed by atoms with Crippen LogP contribution in [0.4, 0.5) is 17.3 Å². The van der Waals surface area contributed by atoms with E-state index in [1.165, 1.54) is 16.7 Å². The molecular formula is C20H17NO. The van der Waals surface area contributed by atoms with Gasteiger partial charge in [-0.1, -0.05) is 42.0 Å². The van der Waals surface area contributed by atoms with E-state index in [4.69, 9.17) is 4.42 Å². The van der Waals surface area contributed by atoms with Crippen LogP contribution < -0.4 is 4.90 Å². The van der Waals surface area contributed by atoms with Crippen LogP contribution in [0.5, 0.6) is 0 Å². The summed E-state index contributed by atoms with van der Waals surface area (Å²) < 4.78 is 5.82. The number of aryl methyl sites for hydroxylation is 2. The minimum absolute atomic E-state index is 0.869. The first-order valence-electron chi connectivity index (χ1n) is 7.46. The molecule has 2 aromatic carbocycles. The van der Waals surface area contributed by atoms with Crippen molar-refractivity contribution in [2.45, 2.75) is 13.8 Å². The van der Waals surface area contributed by atoms with Gasteiger partial charge in [0.1, 0.15) is 0 Å². The van der Waals surface area contributed by atoms with E-state index in [2.05, 4.69) is 73.4 Å². The molecule has 0 radical (unpaired) electrons. The van der Waals surface area contributed by atoms with E-state index >= 15 is 0 Å². The maximum atomic E-state index is 5.82. The first-order chi connectivity index (χ1) is 10.7. The predicted molar refractivity (Wildman–Crippen MR) is 91.8 cm³/mol. The zero-order valence-electron chi connectivity index (χ0n) is 12.7. The van der Waals surface area contributed by atoms with Gasteiger partial charge in [0.2, 0.25) is 5.88 Å². The summed E-state index contributed by atoms with van der Waals surface area (Å²) in [5.41, 5.74) is 7.07. The van der Waals surface area contributed by atoms with Gasteiger partial charge in [0, 0.05) is 5.56 Å². The molecule has 3 aromatic rings. The Morgan fingerprint density at radius 3 is 2.50 bits per heavy atom. The Labute approximate surface area is 130 Å². The van der Waals surface area contributed by atoms with Crippen molar-refractivity contribution in [3.8, 4) is 0 Å². The number of hydrogen-bond acceptors (Lipinski definition) is 2. The highest BCUT2D eigenvalue weighted by Crippen LogP contribution is 2.43. The molecule has 0 saturated heterocycles. The van der Waals surface area contributed by atoms with Crippen LogP contribution in [0.1, 0.15) is 22.3 Å². The van der Waals surface area contributed by atoms with Crippen LogP contribution in [0.25, 0.3) is 12.2 Å². The van der Waals surface area contributed by atoms with Crippen LogP contribution in [-0.4, -0.2) is 0 Å². The molecule has 0 fully saturated rings. The van der Waals surface area contributed by atoms with E-state index < -0.39 is 0 Å². The van der Waals surface area contributed by atoms with Gasteiger partial charge in [-0.2, -0.15) is 0 Å². The average molecular weight is 287 g/mol. The molecule has 0 bridgehead atoms. The lowest BCUT2D eigenvalue weighted by Crippen LogP contribution is -2.12. The van der Waals surface area contributed by atoms with Crippen LogP contribution >= 0.6 is 0 Å². The van der Waals surface area contributed by atoms with Crippen molar-refractivity contribution in [2.24, 2.45) is 0 Å². The maximum Gasteiger partial charge on any atom is 0.211 e. The third kappa shape index (κ3) is 1.96. The second kappa shape index (κ2) is 4.92. The van der Waals surface area contributed by atoms with E-state index in [0.717, 1.165) is 22.8 Å². The molecule has 0 saturated carbocycles. The summed E-state index contributed by atoms with van der Waals surface area (Å²) in [6.45, 7) is 4.26. The fourth-order valence-electron chi connectivity index (χ4n) is 3.04. The predicted octanol–water partition coefficient (Wildman–Crippen LogP) is 5.85. The molecule has 1 aliphatic heterocycles. The van der Waals surface area contributed by atoms with Crippen LogP contribution in [0.3, 0.4) is 0 Å². The van der Waals surface area contributed by atoms with E-state index in [1.54, 1.807) is 6.26 Å². The van der Waals surface area contributed by atoms with Crippen molar-refractivity contribution in [1.29, 1.82) is 0 Å². The number of hydrogen-bond donors (Lipinski definition) is 0. The Hall–Kier alpha value is -2.74. The van der Waals surface area contributed by atoms with Gasteiger partial charge in [-0.05, 0) is 49.2 Å². The quantitative estimate of drug-likeness (QED) is 0.436. The van der Waals surface area contributed by atoms with Gasteiger partial charge in [0.05, 0.1) is 17.6 Å². The molecule has 22 heavy (non-hydrogen) atoms.